The number of aliphatic hydroxyl groups is 1. The molecule has 3 heteroatoms. The molecule has 0 aliphatic rings. The van der Waals surface area contributed by atoms with Crippen molar-refractivity contribution < 1.29 is 9.52 Å². The highest BCUT2D eigenvalue weighted by Gasteiger charge is 2.33. The summed E-state index contributed by atoms with van der Waals surface area (Å²) in [4.78, 5) is 0. The molecule has 2 nitrogen and oxygen atoms in total. The summed E-state index contributed by atoms with van der Waals surface area (Å²) in [5.41, 5.74) is -0.315. The van der Waals surface area contributed by atoms with Crippen molar-refractivity contribution in [2.75, 3.05) is 0 Å². The molecule has 0 saturated heterocycles. The van der Waals surface area contributed by atoms with Crippen LogP contribution in [-0.2, 0) is 5.60 Å². The molecule has 17 heavy (non-hydrogen) atoms. The predicted octanol–water partition coefficient (Wildman–Crippen LogP) is 4.34. The average Bonchev–Trinajstić information content (AvgIpc) is 2.74. The van der Waals surface area contributed by atoms with Crippen molar-refractivity contribution in [3.63, 3.8) is 0 Å². The molecule has 1 N–H and O–H groups in total. The lowest BCUT2D eigenvalue weighted by Crippen LogP contribution is -2.28. The van der Waals surface area contributed by atoms with Crippen LogP contribution in [0.5, 0.6) is 0 Å². The van der Waals surface area contributed by atoms with E-state index in [1.54, 1.807) is 13.0 Å². The maximum absolute atomic E-state index is 10.5. The predicted molar refractivity (Wildman–Crippen MR) is 70.2 cm³/mol. The summed E-state index contributed by atoms with van der Waals surface area (Å²) in [7, 11) is 0. The second kappa shape index (κ2) is 4.35. The molecule has 0 bridgehead atoms. The molecule has 0 aliphatic heterocycles. The first-order valence-corrected chi connectivity index (χ1v) is 6.25. The van der Waals surface area contributed by atoms with E-state index in [2.05, 4.69) is 6.92 Å². The maximum atomic E-state index is 10.5. The smallest absolute Gasteiger partial charge is 0.153 e. The zero-order chi connectivity index (χ0) is 12.6. The van der Waals surface area contributed by atoms with Crippen LogP contribution >= 0.6 is 11.6 Å². The number of hydrogen-bond acceptors (Lipinski definition) is 2. The van der Waals surface area contributed by atoms with Gasteiger partial charge in [-0.3, -0.25) is 0 Å². The van der Waals surface area contributed by atoms with E-state index in [1.165, 1.54) is 0 Å². The number of hydrogen-bond donors (Lipinski definition) is 1. The molecule has 2 aromatic rings. The van der Waals surface area contributed by atoms with Crippen LogP contribution in [0.3, 0.4) is 0 Å². The molecule has 2 rings (SSSR count). The minimum Gasteiger partial charge on any atom is -0.456 e. The number of rotatable bonds is 3. The zero-order valence-corrected chi connectivity index (χ0v) is 11.1. The van der Waals surface area contributed by atoms with Gasteiger partial charge >= 0.3 is 0 Å². The van der Waals surface area contributed by atoms with Crippen LogP contribution in [-0.4, -0.2) is 5.11 Å². The lowest BCUT2D eigenvalue weighted by Gasteiger charge is -2.27. The van der Waals surface area contributed by atoms with E-state index in [4.69, 9.17) is 16.0 Å². The quantitative estimate of drug-likeness (QED) is 0.882. The zero-order valence-electron chi connectivity index (χ0n) is 10.3. The van der Waals surface area contributed by atoms with Gasteiger partial charge < -0.3 is 9.52 Å². The Kier molecular flexibility index (Phi) is 3.19. The standard InChI is InChI=1S/C14H17ClO2/c1-4-9(2)14(3,16)12-8-10-6-5-7-11(15)13(10)17-12/h5-9,16H,4H2,1-3H3. The average molecular weight is 253 g/mol. The highest BCUT2D eigenvalue weighted by atomic mass is 35.5. The summed E-state index contributed by atoms with van der Waals surface area (Å²) in [6, 6.07) is 7.46. The van der Waals surface area contributed by atoms with E-state index >= 15 is 0 Å². The van der Waals surface area contributed by atoms with Crippen LogP contribution in [0.15, 0.2) is 28.7 Å². The van der Waals surface area contributed by atoms with Crippen LogP contribution in [0.1, 0.15) is 33.0 Å². The van der Waals surface area contributed by atoms with Gasteiger partial charge in [0.25, 0.3) is 0 Å². The van der Waals surface area contributed by atoms with E-state index in [-0.39, 0.29) is 5.92 Å². The summed E-state index contributed by atoms with van der Waals surface area (Å²) in [5.74, 6) is 0.705. The third-order valence-electron chi connectivity index (χ3n) is 3.57. The highest BCUT2D eigenvalue weighted by Crippen LogP contribution is 2.36. The van der Waals surface area contributed by atoms with Gasteiger partial charge in [-0.05, 0) is 25.0 Å². The van der Waals surface area contributed by atoms with Crippen LogP contribution in [0.2, 0.25) is 5.02 Å². The third kappa shape index (κ3) is 2.07. The van der Waals surface area contributed by atoms with Gasteiger partial charge in [0.2, 0.25) is 0 Å². The lowest BCUT2D eigenvalue weighted by molar-refractivity contribution is -0.0182. The number of fused-ring (bicyclic) bond motifs is 1. The van der Waals surface area contributed by atoms with Gasteiger partial charge in [0.05, 0.1) is 5.02 Å². The number of benzene rings is 1. The Morgan fingerprint density at radius 1 is 1.47 bits per heavy atom. The van der Waals surface area contributed by atoms with Crippen LogP contribution in [0, 0.1) is 5.92 Å². The summed E-state index contributed by atoms with van der Waals surface area (Å²) in [6.45, 7) is 5.84. The van der Waals surface area contributed by atoms with Gasteiger partial charge in [0.1, 0.15) is 11.4 Å². The van der Waals surface area contributed by atoms with Crippen molar-refractivity contribution in [2.24, 2.45) is 5.92 Å². The molecular weight excluding hydrogens is 236 g/mol. The first-order valence-electron chi connectivity index (χ1n) is 5.87. The number of furan rings is 1. The van der Waals surface area contributed by atoms with Gasteiger partial charge in [-0.1, -0.05) is 44.0 Å². The van der Waals surface area contributed by atoms with Crippen LogP contribution < -0.4 is 0 Å². The summed E-state index contributed by atoms with van der Waals surface area (Å²) >= 11 is 6.06. The Morgan fingerprint density at radius 3 is 2.76 bits per heavy atom. The summed E-state index contributed by atoms with van der Waals surface area (Å²) in [6.07, 6.45) is 0.887. The molecule has 0 spiro atoms. The minimum absolute atomic E-state index is 0.127. The SMILES string of the molecule is CCC(C)C(C)(O)c1cc2cccc(Cl)c2o1. The third-order valence-corrected chi connectivity index (χ3v) is 3.86. The van der Waals surface area contributed by atoms with Crippen molar-refractivity contribution in [1.82, 2.24) is 0 Å². The summed E-state index contributed by atoms with van der Waals surface area (Å²) < 4.78 is 5.70. The molecule has 2 atom stereocenters. The highest BCUT2D eigenvalue weighted by molar-refractivity contribution is 6.34. The van der Waals surface area contributed by atoms with E-state index in [0.29, 0.717) is 16.4 Å². The molecule has 92 valence electrons. The Morgan fingerprint density at radius 2 is 2.18 bits per heavy atom. The van der Waals surface area contributed by atoms with Crippen molar-refractivity contribution >= 4 is 22.6 Å². The van der Waals surface area contributed by atoms with E-state index in [1.807, 2.05) is 25.1 Å². The topological polar surface area (TPSA) is 33.4 Å². The normalized spacial score (nSPS) is 17.0. The molecule has 0 fully saturated rings. The second-order valence-electron chi connectivity index (χ2n) is 4.73. The molecular formula is C14H17ClO2. The van der Waals surface area contributed by atoms with Crippen molar-refractivity contribution in [1.29, 1.82) is 0 Å². The monoisotopic (exact) mass is 252 g/mol. The van der Waals surface area contributed by atoms with Crippen molar-refractivity contribution in [2.45, 2.75) is 32.8 Å². The Bertz CT molecular complexity index is 528. The Hall–Kier alpha value is -0.990. The first-order chi connectivity index (χ1) is 7.96. The minimum atomic E-state index is -0.961. The largest absolute Gasteiger partial charge is 0.456 e. The van der Waals surface area contributed by atoms with Crippen LogP contribution in [0.25, 0.3) is 11.0 Å². The second-order valence-corrected chi connectivity index (χ2v) is 5.13. The van der Waals surface area contributed by atoms with Gasteiger partial charge in [0, 0.05) is 5.39 Å². The Labute approximate surface area is 106 Å². The van der Waals surface area contributed by atoms with E-state index < -0.39 is 5.60 Å². The van der Waals surface area contributed by atoms with E-state index in [0.717, 1.165) is 11.8 Å². The number of para-hydroxylation sites is 1. The number of halogens is 1. The van der Waals surface area contributed by atoms with E-state index in [9.17, 15) is 5.11 Å². The first kappa shape index (κ1) is 12.5. The fourth-order valence-electron chi connectivity index (χ4n) is 1.92. The maximum Gasteiger partial charge on any atom is 0.153 e. The van der Waals surface area contributed by atoms with Gasteiger partial charge in [-0.25, -0.2) is 0 Å². The molecule has 1 heterocycles. The fourth-order valence-corrected chi connectivity index (χ4v) is 2.14. The fraction of sp³-hybridized carbons (Fsp3) is 0.429. The van der Waals surface area contributed by atoms with Crippen molar-refractivity contribution in [3.8, 4) is 0 Å². The van der Waals surface area contributed by atoms with Gasteiger partial charge in [-0.15, -0.1) is 0 Å². The molecule has 0 radical (unpaired) electrons. The molecule has 0 aliphatic carbocycles. The molecule has 0 saturated carbocycles. The molecule has 1 aromatic heterocycles. The molecule has 2 unspecified atom stereocenters. The summed E-state index contributed by atoms with van der Waals surface area (Å²) in [5, 5.41) is 12.0. The van der Waals surface area contributed by atoms with Crippen LogP contribution in [0.4, 0.5) is 0 Å². The Balaban J connectivity index is 2.53. The van der Waals surface area contributed by atoms with Gasteiger partial charge in [-0.2, -0.15) is 0 Å². The molecule has 1 aromatic carbocycles. The van der Waals surface area contributed by atoms with Crippen molar-refractivity contribution in [3.05, 3.63) is 35.0 Å². The molecule has 0 amide bonds. The lowest BCUT2D eigenvalue weighted by atomic mass is 9.86. The van der Waals surface area contributed by atoms with Gasteiger partial charge in [0.15, 0.2) is 5.58 Å².